The van der Waals surface area contributed by atoms with Crippen molar-refractivity contribution in [2.75, 3.05) is 19.8 Å². The molecule has 0 atom stereocenters. The molecule has 4 heteroatoms. The summed E-state index contributed by atoms with van der Waals surface area (Å²) in [4.78, 5) is 0. The second-order valence-corrected chi connectivity index (χ2v) is 5.09. The van der Waals surface area contributed by atoms with Gasteiger partial charge in [0, 0.05) is 13.0 Å². The lowest BCUT2D eigenvalue weighted by Gasteiger charge is -2.10. The number of nitrogens with one attached hydrogen (secondary N) is 1. The van der Waals surface area contributed by atoms with Gasteiger partial charge in [-0.1, -0.05) is 31.5 Å². The van der Waals surface area contributed by atoms with E-state index < -0.39 is 0 Å². The highest BCUT2D eigenvalue weighted by Crippen LogP contribution is 2.25. The molecule has 0 radical (unpaired) electrons. The maximum Gasteiger partial charge on any atom is 0.137 e. The van der Waals surface area contributed by atoms with Crippen molar-refractivity contribution < 1.29 is 9.13 Å². The molecule has 0 aliphatic heterocycles. The predicted octanol–water partition coefficient (Wildman–Crippen LogP) is 3.82. The van der Waals surface area contributed by atoms with Crippen molar-refractivity contribution >= 4 is 11.6 Å². The van der Waals surface area contributed by atoms with Crippen molar-refractivity contribution in [2.45, 2.75) is 26.8 Å². The fourth-order valence-corrected chi connectivity index (χ4v) is 1.77. The fraction of sp³-hybridized carbons (Fsp3) is 0.571. The van der Waals surface area contributed by atoms with Crippen molar-refractivity contribution in [3.05, 3.63) is 28.8 Å². The van der Waals surface area contributed by atoms with Crippen LogP contribution in [0.2, 0.25) is 5.02 Å². The average Bonchev–Trinajstić information content (AvgIpc) is 2.31. The lowest BCUT2D eigenvalue weighted by molar-refractivity contribution is 0.290. The Morgan fingerprint density at radius 2 is 2.17 bits per heavy atom. The van der Waals surface area contributed by atoms with Crippen LogP contribution in [0.5, 0.6) is 5.75 Å². The molecule has 0 spiro atoms. The minimum atomic E-state index is -0.366. The van der Waals surface area contributed by atoms with Gasteiger partial charge in [-0.05, 0) is 30.2 Å². The van der Waals surface area contributed by atoms with Crippen molar-refractivity contribution in [2.24, 2.45) is 5.92 Å². The lowest BCUT2D eigenvalue weighted by Crippen LogP contribution is -2.18. The van der Waals surface area contributed by atoms with E-state index in [4.69, 9.17) is 16.3 Å². The number of rotatable bonds is 8. The molecule has 0 fully saturated rings. The number of ether oxygens (including phenoxy) is 1. The highest BCUT2D eigenvalue weighted by Gasteiger charge is 2.03. The summed E-state index contributed by atoms with van der Waals surface area (Å²) in [6.07, 6.45) is 0.397. The van der Waals surface area contributed by atoms with Gasteiger partial charge in [-0.2, -0.15) is 0 Å². The van der Waals surface area contributed by atoms with E-state index in [0.717, 1.165) is 18.7 Å². The molecule has 0 bridgehead atoms. The van der Waals surface area contributed by atoms with Crippen molar-refractivity contribution in [3.63, 3.8) is 0 Å². The van der Waals surface area contributed by atoms with E-state index in [1.54, 1.807) is 0 Å². The lowest BCUT2D eigenvalue weighted by atomic mass is 10.2. The largest absolute Gasteiger partial charge is 0.492 e. The molecular formula is C14H21ClFNO. The van der Waals surface area contributed by atoms with Crippen LogP contribution < -0.4 is 10.1 Å². The Morgan fingerprint density at radius 1 is 1.39 bits per heavy atom. The molecule has 0 saturated heterocycles. The van der Waals surface area contributed by atoms with Crippen molar-refractivity contribution in [1.82, 2.24) is 5.32 Å². The zero-order valence-electron chi connectivity index (χ0n) is 11.0. The van der Waals surface area contributed by atoms with Crippen LogP contribution in [0, 0.1) is 5.92 Å². The minimum absolute atomic E-state index is 0.362. The second-order valence-electron chi connectivity index (χ2n) is 4.68. The average molecular weight is 274 g/mol. The van der Waals surface area contributed by atoms with Crippen LogP contribution in [0.15, 0.2) is 18.2 Å². The van der Waals surface area contributed by atoms with Gasteiger partial charge in [-0.3, -0.25) is 4.39 Å². The minimum Gasteiger partial charge on any atom is -0.492 e. The quantitative estimate of drug-likeness (QED) is 0.727. The molecule has 0 aromatic heterocycles. The van der Waals surface area contributed by atoms with E-state index in [2.05, 4.69) is 19.2 Å². The molecular weight excluding hydrogens is 253 g/mol. The molecule has 0 heterocycles. The maximum absolute atomic E-state index is 11.9. The SMILES string of the molecule is CC(C)CNCc1ccc(OCCCF)c(Cl)c1. The smallest absolute Gasteiger partial charge is 0.137 e. The summed E-state index contributed by atoms with van der Waals surface area (Å²) in [5.41, 5.74) is 1.12. The zero-order valence-corrected chi connectivity index (χ0v) is 11.8. The van der Waals surface area contributed by atoms with E-state index in [9.17, 15) is 4.39 Å². The third-order valence-corrected chi connectivity index (χ3v) is 2.71. The molecule has 18 heavy (non-hydrogen) atoms. The van der Waals surface area contributed by atoms with Gasteiger partial charge in [0.1, 0.15) is 5.75 Å². The Hall–Kier alpha value is -0.800. The second kappa shape index (κ2) is 8.33. The summed E-state index contributed by atoms with van der Waals surface area (Å²) in [6, 6.07) is 5.70. The molecule has 1 aromatic carbocycles. The molecule has 1 rings (SSSR count). The molecule has 2 nitrogen and oxygen atoms in total. The summed E-state index contributed by atoms with van der Waals surface area (Å²) in [5.74, 6) is 1.25. The first-order valence-electron chi connectivity index (χ1n) is 6.31. The van der Waals surface area contributed by atoms with Crippen molar-refractivity contribution in [3.8, 4) is 5.75 Å². The molecule has 102 valence electrons. The normalized spacial score (nSPS) is 10.9. The zero-order chi connectivity index (χ0) is 13.4. The predicted molar refractivity (Wildman–Crippen MR) is 74.1 cm³/mol. The van der Waals surface area contributed by atoms with Crippen LogP contribution in [0.25, 0.3) is 0 Å². The summed E-state index contributed by atoms with van der Waals surface area (Å²) >= 11 is 6.10. The third-order valence-electron chi connectivity index (χ3n) is 2.41. The summed E-state index contributed by atoms with van der Waals surface area (Å²) < 4.78 is 17.3. The topological polar surface area (TPSA) is 21.3 Å². The van der Waals surface area contributed by atoms with E-state index in [0.29, 0.717) is 29.7 Å². The Balaban J connectivity index is 2.45. The van der Waals surface area contributed by atoms with Gasteiger partial charge in [-0.25, -0.2) is 0 Å². The van der Waals surface area contributed by atoms with Gasteiger partial charge in [0.05, 0.1) is 18.3 Å². The molecule has 1 N–H and O–H groups in total. The van der Waals surface area contributed by atoms with Gasteiger partial charge in [-0.15, -0.1) is 0 Å². The number of alkyl halides is 1. The van der Waals surface area contributed by atoms with Crippen LogP contribution in [-0.4, -0.2) is 19.8 Å². The third kappa shape index (κ3) is 5.69. The highest BCUT2D eigenvalue weighted by molar-refractivity contribution is 6.32. The number of hydrogen-bond acceptors (Lipinski definition) is 2. The van der Waals surface area contributed by atoms with Gasteiger partial charge in [0.15, 0.2) is 0 Å². The van der Waals surface area contributed by atoms with Gasteiger partial charge in [0.25, 0.3) is 0 Å². The Bertz CT molecular complexity index is 358. The molecule has 0 aliphatic carbocycles. The monoisotopic (exact) mass is 273 g/mol. The van der Waals surface area contributed by atoms with Crippen LogP contribution in [0.3, 0.4) is 0 Å². The van der Waals surface area contributed by atoms with Gasteiger partial charge in [0.2, 0.25) is 0 Å². The first-order valence-corrected chi connectivity index (χ1v) is 6.69. The highest BCUT2D eigenvalue weighted by atomic mass is 35.5. The number of benzene rings is 1. The van der Waals surface area contributed by atoms with E-state index in [-0.39, 0.29) is 6.67 Å². The van der Waals surface area contributed by atoms with Crippen LogP contribution in [-0.2, 0) is 6.54 Å². The Labute approximate surface area is 113 Å². The molecule has 0 aliphatic rings. The van der Waals surface area contributed by atoms with Crippen LogP contribution >= 0.6 is 11.6 Å². The van der Waals surface area contributed by atoms with Gasteiger partial charge < -0.3 is 10.1 Å². The number of halogens is 2. The van der Waals surface area contributed by atoms with Gasteiger partial charge >= 0.3 is 0 Å². The first kappa shape index (κ1) is 15.3. The molecule has 0 saturated carbocycles. The maximum atomic E-state index is 11.9. The fourth-order valence-electron chi connectivity index (χ4n) is 1.51. The molecule has 0 unspecified atom stereocenters. The standard InChI is InChI=1S/C14H21ClFNO/c1-11(2)9-17-10-12-4-5-14(13(15)8-12)18-7-3-6-16/h4-5,8,11,17H,3,6-7,9-10H2,1-2H3. The Kier molecular flexibility index (Phi) is 7.06. The van der Waals surface area contributed by atoms with Crippen molar-refractivity contribution in [1.29, 1.82) is 0 Å². The molecule has 0 amide bonds. The van der Waals surface area contributed by atoms with E-state index in [1.807, 2.05) is 18.2 Å². The number of hydrogen-bond donors (Lipinski definition) is 1. The van der Waals surface area contributed by atoms with Crippen LogP contribution in [0.1, 0.15) is 25.8 Å². The summed E-state index contributed by atoms with van der Waals surface area (Å²) in [7, 11) is 0. The summed E-state index contributed by atoms with van der Waals surface area (Å²) in [6.45, 7) is 6.11. The Morgan fingerprint density at radius 3 is 2.78 bits per heavy atom. The summed E-state index contributed by atoms with van der Waals surface area (Å²) in [5, 5.41) is 3.93. The van der Waals surface area contributed by atoms with E-state index >= 15 is 0 Å². The van der Waals surface area contributed by atoms with Crippen LogP contribution in [0.4, 0.5) is 4.39 Å². The molecule has 1 aromatic rings. The van der Waals surface area contributed by atoms with E-state index in [1.165, 1.54) is 0 Å². The first-order chi connectivity index (χ1) is 8.63.